The van der Waals surface area contributed by atoms with Gasteiger partial charge in [0.15, 0.2) is 0 Å². The summed E-state index contributed by atoms with van der Waals surface area (Å²) in [5.74, 6) is -1.44. The van der Waals surface area contributed by atoms with Gasteiger partial charge in [0, 0.05) is 11.9 Å². The lowest BCUT2D eigenvalue weighted by atomic mass is 10.1. The third kappa shape index (κ3) is 3.22. The number of anilines is 1. The van der Waals surface area contributed by atoms with Gasteiger partial charge < -0.3 is 10.4 Å². The number of carbonyl (C=O) groups is 2. The molecule has 21 heavy (non-hydrogen) atoms. The van der Waals surface area contributed by atoms with Gasteiger partial charge in [0.1, 0.15) is 11.8 Å². The van der Waals surface area contributed by atoms with Crippen LogP contribution < -0.4 is 5.32 Å². The number of carbonyl (C=O) groups excluding carboxylic acids is 1. The second kappa shape index (κ2) is 5.84. The van der Waals surface area contributed by atoms with Crippen molar-refractivity contribution in [3.8, 4) is 6.07 Å². The van der Waals surface area contributed by atoms with Crippen LogP contribution in [0.15, 0.2) is 36.5 Å². The minimum Gasteiger partial charge on any atom is -0.478 e. The van der Waals surface area contributed by atoms with Gasteiger partial charge in [-0.25, -0.2) is 9.78 Å². The molecule has 0 aliphatic heterocycles. The molecule has 0 bridgehead atoms. The van der Waals surface area contributed by atoms with E-state index in [2.05, 4.69) is 10.3 Å². The van der Waals surface area contributed by atoms with Gasteiger partial charge in [0.05, 0.1) is 11.1 Å². The molecule has 2 rings (SSSR count). The zero-order valence-electron chi connectivity index (χ0n) is 11.1. The Morgan fingerprint density at radius 3 is 2.57 bits per heavy atom. The van der Waals surface area contributed by atoms with Gasteiger partial charge in [0.25, 0.3) is 5.91 Å². The second-order valence-corrected chi connectivity index (χ2v) is 4.33. The summed E-state index contributed by atoms with van der Waals surface area (Å²) in [5.41, 5.74) is 1.76. The maximum absolute atomic E-state index is 12.0. The Morgan fingerprint density at radius 1 is 1.29 bits per heavy atom. The second-order valence-electron chi connectivity index (χ2n) is 4.33. The van der Waals surface area contributed by atoms with E-state index in [-0.39, 0.29) is 11.3 Å². The molecule has 1 aromatic heterocycles. The molecule has 6 nitrogen and oxygen atoms in total. The molecule has 0 unspecified atom stereocenters. The quantitative estimate of drug-likeness (QED) is 0.897. The number of carboxylic acids is 1. The van der Waals surface area contributed by atoms with Crippen LogP contribution in [0.25, 0.3) is 0 Å². The molecule has 1 aromatic carbocycles. The number of carboxylic acid groups (broad SMARTS) is 1. The van der Waals surface area contributed by atoms with Gasteiger partial charge in [-0.3, -0.25) is 4.79 Å². The minimum atomic E-state index is -1.01. The highest BCUT2D eigenvalue weighted by molar-refractivity contribution is 6.03. The third-order valence-electron chi connectivity index (χ3n) is 2.84. The fourth-order valence-corrected chi connectivity index (χ4v) is 1.77. The summed E-state index contributed by atoms with van der Waals surface area (Å²) in [5, 5.41) is 20.2. The predicted octanol–water partition coefficient (Wildman–Crippen LogP) is 2.21. The molecular weight excluding hydrogens is 270 g/mol. The Morgan fingerprint density at radius 2 is 2.05 bits per heavy atom. The average molecular weight is 281 g/mol. The Hall–Kier alpha value is -3.20. The topological polar surface area (TPSA) is 103 Å². The number of rotatable bonds is 3. The van der Waals surface area contributed by atoms with Crippen molar-refractivity contribution in [2.45, 2.75) is 6.92 Å². The van der Waals surface area contributed by atoms with Crippen molar-refractivity contribution >= 4 is 17.6 Å². The van der Waals surface area contributed by atoms with Crippen LogP contribution in [-0.2, 0) is 0 Å². The Bertz CT molecular complexity index is 746. The highest BCUT2D eigenvalue weighted by atomic mass is 16.4. The van der Waals surface area contributed by atoms with E-state index in [1.807, 2.05) is 6.07 Å². The molecule has 0 atom stereocenters. The van der Waals surface area contributed by atoms with Crippen molar-refractivity contribution in [1.29, 1.82) is 5.26 Å². The summed E-state index contributed by atoms with van der Waals surface area (Å²) in [6.07, 6.45) is 1.31. The van der Waals surface area contributed by atoms with Gasteiger partial charge in [-0.1, -0.05) is 0 Å². The number of aromatic carboxylic acids is 1. The molecule has 6 heteroatoms. The largest absolute Gasteiger partial charge is 0.478 e. The molecule has 2 aromatic rings. The lowest BCUT2D eigenvalue weighted by Gasteiger charge is -2.07. The number of amides is 1. The van der Waals surface area contributed by atoms with Crippen LogP contribution in [0, 0.1) is 18.3 Å². The first-order valence-corrected chi connectivity index (χ1v) is 6.02. The summed E-state index contributed by atoms with van der Waals surface area (Å²) in [6, 6.07) is 9.39. The summed E-state index contributed by atoms with van der Waals surface area (Å²) >= 11 is 0. The molecule has 1 heterocycles. The smallest absolute Gasteiger partial charge is 0.335 e. The molecule has 1 amide bonds. The fraction of sp³-hybridized carbons (Fsp3) is 0.0667. The monoisotopic (exact) mass is 281 g/mol. The number of nitrogens with one attached hydrogen (secondary N) is 1. The molecular formula is C15H11N3O3. The fourth-order valence-electron chi connectivity index (χ4n) is 1.77. The summed E-state index contributed by atoms with van der Waals surface area (Å²) in [6.45, 7) is 1.65. The van der Waals surface area contributed by atoms with Gasteiger partial charge in [-0.15, -0.1) is 0 Å². The Kier molecular flexibility index (Phi) is 3.95. The van der Waals surface area contributed by atoms with Crippen molar-refractivity contribution in [3.05, 3.63) is 58.9 Å². The normalized spacial score (nSPS) is 9.71. The third-order valence-corrected chi connectivity index (χ3v) is 2.84. The van der Waals surface area contributed by atoms with E-state index >= 15 is 0 Å². The van der Waals surface area contributed by atoms with Crippen LogP contribution in [0.5, 0.6) is 0 Å². The number of benzene rings is 1. The van der Waals surface area contributed by atoms with E-state index in [4.69, 9.17) is 10.4 Å². The number of pyridine rings is 1. The number of hydrogen-bond donors (Lipinski definition) is 2. The first kappa shape index (κ1) is 14.2. The van der Waals surface area contributed by atoms with Gasteiger partial charge in [0.2, 0.25) is 0 Å². The van der Waals surface area contributed by atoms with E-state index in [0.29, 0.717) is 16.8 Å². The van der Waals surface area contributed by atoms with Gasteiger partial charge in [-0.05, 0) is 42.8 Å². The standard InChI is InChI=1S/C15H11N3O3/c1-9-6-11(3-4-12(9)15(20)21)18-14(19)13-5-2-10(7-16)8-17-13/h2-6,8H,1H3,(H,18,19)(H,20,21). The summed E-state index contributed by atoms with van der Waals surface area (Å²) < 4.78 is 0. The number of hydrogen-bond acceptors (Lipinski definition) is 4. The lowest BCUT2D eigenvalue weighted by Crippen LogP contribution is -2.14. The van der Waals surface area contributed by atoms with Crippen LogP contribution in [0.4, 0.5) is 5.69 Å². The van der Waals surface area contributed by atoms with E-state index in [1.54, 1.807) is 13.0 Å². The summed E-state index contributed by atoms with van der Waals surface area (Å²) in [7, 11) is 0. The molecule has 0 aliphatic rings. The van der Waals surface area contributed by atoms with Crippen LogP contribution >= 0.6 is 0 Å². The first-order chi connectivity index (χ1) is 10.0. The van der Waals surface area contributed by atoms with Crippen LogP contribution in [0.3, 0.4) is 0 Å². The number of aromatic nitrogens is 1. The van der Waals surface area contributed by atoms with Crippen molar-refractivity contribution in [1.82, 2.24) is 4.98 Å². The highest BCUT2D eigenvalue weighted by Gasteiger charge is 2.11. The lowest BCUT2D eigenvalue weighted by molar-refractivity contribution is 0.0696. The van der Waals surface area contributed by atoms with E-state index in [9.17, 15) is 9.59 Å². The van der Waals surface area contributed by atoms with Crippen LogP contribution in [0.1, 0.15) is 32.0 Å². The minimum absolute atomic E-state index is 0.175. The van der Waals surface area contributed by atoms with E-state index in [0.717, 1.165) is 0 Å². The van der Waals surface area contributed by atoms with Crippen molar-refractivity contribution in [3.63, 3.8) is 0 Å². The maximum Gasteiger partial charge on any atom is 0.335 e. The molecule has 0 saturated heterocycles. The van der Waals surface area contributed by atoms with Gasteiger partial charge >= 0.3 is 5.97 Å². The van der Waals surface area contributed by atoms with E-state index < -0.39 is 11.9 Å². The zero-order chi connectivity index (χ0) is 15.4. The molecule has 0 saturated carbocycles. The molecule has 0 spiro atoms. The summed E-state index contributed by atoms with van der Waals surface area (Å²) in [4.78, 5) is 26.8. The van der Waals surface area contributed by atoms with Gasteiger partial charge in [-0.2, -0.15) is 5.26 Å². The van der Waals surface area contributed by atoms with Crippen molar-refractivity contribution in [2.75, 3.05) is 5.32 Å². The maximum atomic E-state index is 12.0. The SMILES string of the molecule is Cc1cc(NC(=O)c2ccc(C#N)cn2)ccc1C(=O)O. The zero-order valence-corrected chi connectivity index (χ0v) is 11.1. The number of aryl methyl sites for hydroxylation is 1. The first-order valence-electron chi connectivity index (χ1n) is 6.02. The molecule has 0 radical (unpaired) electrons. The number of nitriles is 1. The van der Waals surface area contributed by atoms with Crippen LogP contribution in [0.2, 0.25) is 0 Å². The average Bonchev–Trinajstić information content (AvgIpc) is 2.47. The highest BCUT2D eigenvalue weighted by Crippen LogP contribution is 2.16. The van der Waals surface area contributed by atoms with Crippen molar-refractivity contribution < 1.29 is 14.7 Å². The Balaban J connectivity index is 2.17. The number of nitrogens with zero attached hydrogens (tertiary/aromatic N) is 2. The Labute approximate surface area is 120 Å². The van der Waals surface area contributed by atoms with Crippen molar-refractivity contribution in [2.24, 2.45) is 0 Å². The van der Waals surface area contributed by atoms with E-state index in [1.165, 1.54) is 30.5 Å². The van der Waals surface area contributed by atoms with Crippen LogP contribution in [-0.4, -0.2) is 22.0 Å². The predicted molar refractivity (Wildman–Crippen MR) is 75.0 cm³/mol. The molecule has 0 fully saturated rings. The molecule has 2 N–H and O–H groups in total. The molecule has 0 aliphatic carbocycles. The molecule has 104 valence electrons.